The van der Waals surface area contributed by atoms with E-state index < -0.39 is 0 Å². The van der Waals surface area contributed by atoms with Gasteiger partial charge in [0.05, 0.1) is 23.8 Å². The Kier molecular flexibility index (Phi) is 4.02. The van der Waals surface area contributed by atoms with Crippen molar-refractivity contribution >= 4 is 17.4 Å². The lowest BCUT2D eigenvalue weighted by molar-refractivity contribution is 0.102. The van der Waals surface area contributed by atoms with Crippen molar-refractivity contribution in [1.29, 1.82) is 0 Å². The molecule has 0 aromatic carbocycles. The predicted octanol–water partition coefficient (Wildman–Crippen LogP) is 1.86. The lowest BCUT2D eigenvalue weighted by atomic mass is 10.3. The number of amides is 1. The van der Waals surface area contributed by atoms with Crippen molar-refractivity contribution in [2.75, 3.05) is 17.2 Å². The highest BCUT2D eigenvalue weighted by Gasteiger charge is 2.09. The summed E-state index contributed by atoms with van der Waals surface area (Å²) in [5.41, 5.74) is 1.70. The summed E-state index contributed by atoms with van der Waals surface area (Å²) in [6, 6.07) is 3.56. The Morgan fingerprint density at radius 1 is 1.26 bits per heavy atom. The van der Waals surface area contributed by atoms with E-state index >= 15 is 0 Å². The van der Waals surface area contributed by atoms with Crippen LogP contribution in [0.15, 0.2) is 30.7 Å². The van der Waals surface area contributed by atoms with Gasteiger partial charge < -0.3 is 10.6 Å². The van der Waals surface area contributed by atoms with Crippen molar-refractivity contribution in [3.05, 3.63) is 42.1 Å². The molecule has 0 aliphatic carbocycles. The van der Waals surface area contributed by atoms with E-state index in [1.807, 2.05) is 13.8 Å². The Morgan fingerprint density at radius 3 is 2.74 bits per heavy atom. The molecule has 0 saturated heterocycles. The average Bonchev–Trinajstić information content (AvgIpc) is 2.42. The molecular formula is C13H15N5O. The molecule has 0 bridgehead atoms. The van der Waals surface area contributed by atoms with Crippen molar-refractivity contribution in [3.8, 4) is 0 Å². The highest BCUT2D eigenvalue weighted by atomic mass is 16.1. The van der Waals surface area contributed by atoms with Gasteiger partial charge in [0.15, 0.2) is 0 Å². The molecule has 6 nitrogen and oxygen atoms in total. The normalized spacial score (nSPS) is 10.0. The quantitative estimate of drug-likeness (QED) is 0.874. The molecule has 98 valence electrons. The van der Waals surface area contributed by atoms with Crippen LogP contribution in [0.5, 0.6) is 0 Å². The maximum atomic E-state index is 12.0. The molecule has 0 spiro atoms. The number of aromatic nitrogens is 3. The molecular weight excluding hydrogens is 242 g/mol. The van der Waals surface area contributed by atoms with Gasteiger partial charge in [-0.15, -0.1) is 0 Å². The third-order valence-corrected chi connectivity index (χ3v) is 2.50. The number of anilines is 2. The van der Waals surface area contributed by atoms with Crippen LogP contribution in [0.3, 0.4) is 0 Å². The van der Waals surface area contributed by atoms with Gasteiger partial charge >= 0.3 is 0 Å². The third kappa shape index (κ3) is 3.25. The Hall–Kier alpha value is -2.50. The van der Waals surface area contributed by atoms with Crippen LogP contribution in [-0.4, -0.2) is 27.4 Å². The molecule has 0 aliphatic rings. The number of pyridine rings is 1. The van der Waals surface area contributed by atoms with Crippen LogP contribution in [0.1, 0.15) is 23.1 Å². The summed E-state index contributed by atoms with van der Waals surface area (Å²) < 4.78 is 0. The van der Waals surface area contributed by atoms with E-state index in [4.69, 9.17) is 0 Å². The zero-order valence-corrected chi connectivity index (χ0v) is 10.8. The molecule has 2 aromatic rings. The topological polar surface area (TPSA) is 79.8 Å². The fraction of sp³-hybridized carbons (Fsp3) is 0.231. The highest BCUT2D eigenvalue weighted by molar-refractivity contribution is 6.02. The summed E-state index contributed by atoms with van der Waals surface area (Å²) in [4.78, 5) is 24.2. The zero-order chi connectivity index (χ0) is 13.7. The number of carbonyl (C=O) groups excluding carboxylic acids is 1. The van der Waals surface area contributed by atoms with E-state index in [0.717, 1.165) is 12.2 Å². The first-order valence-corrected chi connectivity index (χ1v) is 5.99. The van der Waals surface area contributed by atoms with Crippen LogP contribution in [-0.2, 0) is 0 Å². The van der Waals surface area contributed by atoms with Crippen molar-refractivity contribution in [2.45, 2.75) is 13.8 Å². The first-order valence-electron chi connectivity index (χ1n) is 5.99. The Bertz CT molecular complexity index is 568. The van der Waals surface area contributed by atoms with E-state index in [2.05, 4.69) is 25.6 Å². The monoisotopic (exact) mass is 257 g/mol. The largest absolute Gasteiger partial charge is 0.369 e. The maximum absolute atomic E-state index is 12.0. The molecule has 1 amide bonds. The number of rotatable bonds is 4. The molecule has 0 unspecified atom stereocenters. The first kappa shape index (κ1) is 12.9. The van der Waals surface area contributed by atoms with E-state index in [9.17, 15) is 4.79 Å². The summed E-state index contributed by atoms with van der Waals surface area (Å²) in [6.07, 6.45) is 4.66. The molecule has 19 heavy (non-hydrogen) atoms. The number of nitrogens with one attached hydrogen (secondary N) is 2. The minimum absolute atomic E-state index is 0.268. The summed E-state index contributed by atoms with van der Waals surface area (Å²) >= 11 is 0. The van der Waals surface area contributed by atoms with Crippen molar-refractivity contribution in [3.63, 3.8) is 0 Å². The Morgan fingerprint density at radius 2 is 2.11 bits per heavy atom. The third-order valence-electron chi connectivity index (χ3n) is 2.50. The van der Waals surface area contributed by atoms with Gasteiger partial charge in [-0.3, -0.25) is 9.78 Å². The molecule has 0 saturated carbocycles. The van der Waals surface area contributed by atoms with Crippen LogP contribution >= 0.6 is 0 Å². The second-order valence-electron chi connectivity index (χ2n) is 3.91. The fourth-order valence-corrected chi connectivity index (χ4v) is 1.52. The summed E-state index contributed by atoms with van der Waals surface area (Å²) in [5, 5.41) is 5.77. The highest BCUT2D eigenvalue weighted by Crippen LogP contribution is 2.11. The van der Waals surface area contributed by atoms with Gasteiger partial charge in [0.2, 0.25) is 0 Å². The second kappa shape index (κ2) is 5.90. The van der Waals surface area contributed by atoms with Gasteiger partial charge in [-0.25, -0.2) is 9.97 Å². The van der Waals surface area contributed by atoms with Gasteiger partial charge in [-0.1, -0.05) is 0 Å². The van der Waals surface area contributed by atoms with E-state index in [0.29, 0.717) is 11.5 Å². The van der Waals surface area contributed by atoms with Gasteiger partial charge in [0.25, 0.3) is 5.91 Å². The molecule has 0 fully saturated rings. The van der Waals surface area contributed by atoms with Gasteiger partial charge in [-0.2, -0.15) is 0 Å². The lowest BCUT2D eigenvalue weighted by Crippen LogP contribution is -2.15. The number of hydrogen-bond donors (Lipinski definition) is 2. The molecule has 0 atom stereocenters. The number of aryl methyl sites for hydroxylation is 1. The summed E-state index contributed by atoms with van der Waals surface area (Å²) in [5.74, 6) is 0.350. The summed E-state index contributed by atoms with van der Waals surface area (Å²) in [6.45, 7) is 4.55. The minimum atomic E-state index is -0.299. The van der Waals surface area contributed by atoms with Gasteiger partial charge in [-0.05, 0) is 26.0 Å². The Labute approximate surface area is 111 Å². The van der Waals surface area contributed by atoms with Gasteiger partial charge in [0.1, 0.15) is 11.5 Å². The first-order chi connectivity index (χ1) is 9.20. The standard InChI is InChI=1S/C13H15N5O/c1-3-14-12-8-16-11(7-17-12)13(19)18-10-5-4-6-15-9(10)2/h4-8H,3H2,1-2H3,(H,14,17)(H,18,19). The van der Waals surface area contributed by atoms with Crippen molar-refractivity contribution in [1.82, 2.24) is 15.0 Å². The molecule has 2 rings (SSSR count). The predicted molar refractivity (Wildman–Crippen MR) is 73.1 cm³/mol. The van der Waals surface area contributed by atoms with Crippen LogP contribution in [0.4, 0.5) is 11.5 Å². The van der Waals surface area contributed by atoms with Crippen LogP contribution in [0, 0.1) is 6.92 Å². The maximum Gasteiger partial charge on any atom is 0.275 e. The van der Waals surface area contributed by atoms with E-state index in [1.165, 1.54) is 12.4 Å². The average molecular weight is 257 g/mol. The van der Waals surface area contributed by atoms with E-state index in [1.54, 1.807) is 18.3 Å². The SMILES string of the molecule is CCNc1cnc(C(=O)Nc2cccnc2C)cn1. The smallest absolute Gasteiger partial charge is 0.275 e. The fourth-order valence-electron chi connectivity index (χ4n) is 1.52. The number of hydrogen-bond acceptors (Lipinski definition) is 5. The molecule has 2 aromatic heterocycles. The van der Waals surface area contributed by atoms with Crippen molar-refractivity contribution in [2.24, 2.45) is 0 Å². The van der Waals surface area contributed by atoms with E-state index in [-0.39, 0.29) is 11.6 Å². The molecule has 6 heteroatoms. The molecule has 2 heterocycles. The molecule has 0 radical (unpaired) electrons. The molecule has 2 N–H and O–H groups in total. The van der Waals surface area contributed by atoms with Crippen LogP contribution in [0.25, 0.3) is 0 Å². The van der Waals surface area contributed by atoms with Gasteiger partial charge in [0, 0.05) is 12.7 Å². The van der Waals surface area contributed by atoms with Crippen LogP contribution < -0.4 is 10.6 Å². The number of carbonyl (C=O) groups is 1. The van der Waals surface area contributed by atoms with Crippen LogP contribution in [0.2, 0.25) is 0 Å². The Balaban J connectivity index is 2.10. The molecule has 0 aliphatic heterocycles. The minimum Gasteiger partial charge on any atom is -0.369 e. The number of nitrogens with zero attached hydrogens (tertiary/aromatic N) is 3. The second-order valence-corrected chi connectivity index (χ2v) is 3.91. The van der Waals surface area contributed by atoms with Crippen molar-refractivity contribution < 1.29 is 4.79 Å². The zero-order valence-electron chi connectivity index (χ0n) is 10.8. The lowest BCUT2D eigenvalue weighted by Gasteiger charge is -2.07. The summed E-state index contributed by atoms with van der Waals surface area (Å²) in [7, 11) is 0.